The van der Waals surface area contributed by atoms with Crippen LogP contribution in [0.4, 0.5) is 4.39 Å². The number of benzene rings is 1. The summed E-state index contributed by atoms with van der Waals surface area (Å²) in [4.78, 5) is 0.880. The molecule has 2 N–H and O–H groups in total. The Kier molecular flexibility index (Phi) is 4.57. The second kappa shape index (κ2) is 5.49. The lowest BCUT2D eigenvalue weighted by Crippen LogP contribution is -2.45. The summed E-state index contributed by atoms with van der Waals surface area (Å²) in [5.74, 6) is 0.471. The smallest absolute Gasteiger partial charge is 0.124 e. The van der Waals surface area contributed by atoms with Crippen molar-refractivity contribution in [3.63, 3.8) is 0 Å². The van der Waals surface area contributed by atoms with Crippen molar-refractivity contribution in [3.05, 3.63) is 30.1 Å². The van der Waals surface area contributed by atoms with E-state index in [1.54, 1.807) is 6.07 Å². The maximum Gasteiger partial charge on any atom is 0.124 e. The molecule has 1 rings (SSSR count). The molecule has 0 amide bonds. The molecule has 0 aliphatic carbocycles. The Morgan fingerprint density at radius 3 is 2.80 bits per heavy atom. The summed E-state index contributed by atoms with van der Waals surface area (Å²) in [6.07, 6.45) is 0. The minimum absolute atomic E-state index is 0.0613. The van der Waals surface area contributed by atoms with Gasteiger partial charge < -0.3 is 10.4 Å². The van der Waals surface area contributed by atoms with E-state index in [0.29, 0.717) is 5.75 Å². The molecule has 0 heterocycles. The summed E-state index contributed by atoms with van der Waals surface area (Å²) in [5.41, 5.74) is -0.322. The highest BCUT2D eigenvalue weighted by molar-refractivity contribution is 7.99. The van der Waals surface area contributed by atoms with E-state index >= 15 is 0 Å². The highest BCUT2D eigenvalue weighted by Gasteiger charge is 2.20. The van der Waals surface area contributed by atoms with Gasteiger partial charge in [0.25, 0.3) is 0 Å². The lowest BCUT2D eigenvalue weighted by atomic mass is 10.1. The molecule has 0 saturated carbocycles. The monoisotopic (exact) mass is 229 g/mol. The highest BCUT2D eigenvalue weighted by Crippen LogP contribution is 2.22. The number of halogens is 1. The summed E-state index contributed by atoms with van der Waals surface area (Å²) in [6, 6.07) is 6.47. The second-order valence-electron chi connectivity index (χ2n) is 3.71. The highest BCUT2D eigenvalue weighted by atomic mass is 32.2. The van der Waals surface area contributed by atoms with Crippen molar-refractivity contribution < 1.29 is 9.50 Å². The van der Waals surface area contributed by atoms with Gasteiger partial charge in [-0.15, -0.1) is 11.8 Å². The van der Waals surface area contributed by atoms with Crippen LogP contribution in [-0.2, 0) is 0 Å². The summed E-state index contributed by atoms with van der Waals surface area (Å²) in [5, 5.41) is 12.2. The average molecular weight is 229 g/mol. The first-order valence-electron chi connectivity index (χ1n) is 4.78. The third kappa shape index (κ3) is 3.81. The number of hydrogen-bond acceptors (Lipinski definition) is 3. The molecule has 1 atom stereocenters. The minimum atomic E-state index is -0.322. The summed E-state index contributed by atoms with van der Waals surface area (Å²) >= 11 is 1.53. The molecular weight excluding hydrogens is 213 g/mol. The fourth-order valence-electron chi connectivity index (χ4n) is 0.996. The first-order chi connectivity index (χ1) is 7.09. The topological polar surface area (TPSA) is 32.3 Å². The van der Waals surface area contributed by atoms with Gasteiger partial charge in [0.15, 0.2) is 0 Å². The molecule has 84 valence electrons. The van der Waals surface area contributed by atoms with E-state index in [9.17, 15) is 4.39 Å². The predicted molar refractivity (Wildman–Crippen MR) is 61.7 cm³/mol. The van der Waals surface area contributed by atoms with Crippen LogP contribution < -0.4 is 5.32 Å². The number of rotatable bonds is 5. The number of thioether (sulfide) groups is 1. The zero-order valence-electron chi connectivity index (χ0n) is 8.96. The van der Waals surface area contributed by atoms with Crippen LogP contribution in [-0.4, -0.2) is 30.1 Å². The first kappa shape index (κ1) is 12.5. The Morgan fingerprint density at radius 2 is 2.27 bits per heavy atom. The normalized spacial score (nSPS) is 14.9. The standard InChI is InChI=1S/C11H16FNOS/c1-11(7-14,13-2)8-15-10-5-3-4-9(12)6-10/h3-6,13-14H,7-8H2,1-2H3. The molecule has 0 aliphatic rings. The quantitative estimate of drug-likeness (QED) is 0.756. The number of aliphatic hydroxyl groups excluding tert-OH is 1. The van der Waals surface area contributed by atoms with Gasteiger partial charge in [-0.3, -0.25) is 0 Å². The van der Waals surface area contributed by atoms with Crippen molar-refractivity contribution in [1.29, 1.82) is 0 Å². The zero-order chi connectivity index (χ0) is 11.3. The van der Waals surface area contributed by atoms with Crippen LogP contribution >= 0.6 is 11.8 Å². The van der Waals surface area contributed by atoms with Gasteiger partial charge in [0.2, 0.25) is 0 Å². The molecule has 15 heavy (non-hydrogen) atoms. The molecule has 0 aromatic heterocycles. The summed E-state index contributed by atoms with van der Waals surface area (Å²) in [6.45, 7) is 1.99. The maximum absolute atomic E-state index is 12.9. The molecule has 0 spiro atoms. The van der Waals surface area contributed by atoms with Crippen molar-refractivity contribution in [2.75, 3.05) is 19.4 Å². The van der Waals surface area contributed by atoms with Crippen LogP contribution in [0.2, 0.25) is 0 Å². The fourth-order valence-corrected chi connectivity index (χ4v) is 2.09. The van der Waals surface area contributed by atoms with E-state index in [1.807, 2.05) is 20.0 Å². The van der Waals surface area contributed by atoms with E-state index < -0.39 is 0 Å². The molecule has 0 saturated heterocycles. The molecule has 0 fully saturated rings. The van der Waals surface area contributed by atoms with Crippen molar-refractivity contribution in [3.8, 4) is 0 Å². The van der Waals surface area contributed by atoms with Crippen LogP contribution in [0.3, 0.4) is 0 Å². The number of aliphatic hydroxyl groups is 1. The van der Waals surface area contributed by atoms with E-state index in [-0.39, 0.29) is 18.0 Å². The van der Waals surface area contributed by atoms with Crippen molar-refractivity contribution in [2.45, 2.75) is 17.4 Å². The molecule has 1 unspecified atom stereocenters. The molecule has 0 aliphatic heterocycles. The fraction of sp³-hybridized carbons (Fsp3) is 0.455. The van der Waals surface area contributed by atoms with Gasteiger partial charge in [-0.05, 0) is 32.2 Å². The van der Waals surface area contributed by atoms with Gasteiger partial charge in [0.05, 0.1) is 6.61 Å². The van der Waals surface area contributed by atoms with Crippen LogP contribution in [0.5, 0.6) is 0 Å². The molecular formula is C11H16FNOS. The molecule has 0 radical (unpaired) electrons. The lowest BCUT2D eigenvalue weighted by molar-refractivity contribution is 0.200. The average Bonchev–Trinajstić information content (AvgIpc) is 2.26. The van der Waals surface area contributed by atoms with Gasteiger partial charge in [-0.1, -0.05) is 6.07 Å². The van der Waals surface area contributed by atoms with Crippen LogP contribution in [0, 0.1) is 5.82 Å². The minimum Gasteiger partial charge on any atom is -0.394 e. The van der Waals surface area contributed by atoms with Crippen LogP contribution in [0.15, 0.2) is 29.2 Å². The molecule has 1 aromatic carbocycles. The van der Waals surface area contributed by atoms with Gasteiger partial charge in [-0.2, -0.15) is 0 Å². The molecule has 2 nitrogen and oxygen atoms in total. The van der Waals surface area contributed by atoms with Crippen molar-refractivity contribution in [1.82, 2.24) is 5.32 Å². The Hall–Kier alpha value is -0.580. The van der Waals surface area contributed by atoms with Gasteiger partial charge in [-0.25, -0.2) is 4.39 Å². The number of hydrogen-bond donors (Lipinski definition) is 2. The van der Waals surface area contributed by atoms with E-state index in [2.05, 4.69) is 5.32 Å². The number of likely N-dealkylation sites (N-methyl/N-ethyl adjacent to an activating group) is 1. The van der Waals surface area contributed by atoms with Crippen molar-refractivity contribution in [2.24, 2.45) is 0 Å². The second-order valence-corrected chi connectivity index (χ2v) is 4.76. The first-order valence-corrected chi connectivity index (χ1v) is 5.76. The molecule has 0 bridgehead atoms. The summed E-state index contributed by atoms with van der Waals surface area (Å²) in [7, 11) is 1.81. The third-order valence-corrected chi connectivity index (χ3v) is 3.67. The molecule has 1 aromatic rings. The van der Waals surface area contributed by atoms with Gasteiger partial charge in [0.1, 0.15) is 5.82 Å². The van der Waals surface area contributed by atoms with E-state index in [0.717, 1.165) is 4.90 Å². The SMILES string of the molecule is CNC(C)(CO)CSc1cccc(F)c1. The van der Waals surface area contributed by atoms with Crippen LogP contribution in [0.25, 0.3) is 0 Å². The van der Waals surface area contributed by atoms with E-state index in [1.165, 1.54) is 23.9 Å². The lowest BCUT2D eigenvalue weighted by Gasteiger charge is -2.26. The Balaban J connectivity index is 2.56. The third-order valence-electron chi connectivity index (χ3n) is 2.31. The Bertz CT molecular complexity index is 315. The van der Waals surface area contributed by atoms with Crippen LogP contribution in [0.1, 0.15) is 6.92 Å². The zero-order valence-corrected chi connectivity index (χ0v) is 9.77. The van der Waals surface area contributed by atoms with Gasteiger partial charge >= 0.3 is 0 Å². The number of nitrogens with one attached hydrogen (secondary N) is 1. The van der Waals surface area contributed by atoms with E-state index in [4.69, 9.17) is 5.11 Å². The Labute approximate surface area is 93.9 Å². The summed E-state index contributed by atoms with van der Waals surface area (Å²) < 4.78 is 12.9. The maximum atomic E-state index is 12.9. The Morgan fingerprint density at radius 1 is 1.53 bits per heavy atom. The van der Waals surface area contributed by atoms with Gasteiger partial charge in [0, 0.05) is 16.2 Å². The largest absolute Gasteiger partial charge is 0.394 e. The van der Waals surface area contributed by atoms with Crippen molar-refractivity contribution >= 4 is 11.8 Å². The molecule has 4 heteroatoms. The predicted octanol–water partition coefficient (Wildman–Crippen LogP) is 1.89.